The molecule has 0 heterocycles. The molecule has 1 N–H and O–H groups in total. The summed E-state index contributed by atoms with van der Waals surface area (Å²) in [5.74, 6) is 0.996. The monoisotopic (exact) mass is 452 g/mol. The van der Waals surface area contributed by atoms with Crippen molar-refractivity contribution in [3.63, 3.8) is 0 Å². The quantitative estimate of drug-likeness (QED) is 0.437. The number of benzene rings is 3. The van der Waals surface area contributed by atoms with Crippen LogP contribution in [0.2, 0.25) is 0 Å². The molecule has 1 atom stereocenters. The van der Waals surface area contributed by atoms with E-state index in [9.17, 15) is 9.90 Å². The molecule has 0 saturated heterocycles. The Morgan fingerprint density at radius 2 is 1.03 bits per heavy atom. The van der Waals surface area contributed by atoms with Gasteiger partial charge < -0.3 is 19.3 Å². The second-order valence-electron chi connectivity index (χ2n) is 7.66. The van der Waals surface area contributed by atoms with Crippen molar-refractivity contribution in [2.24, 2.45) is 0 Å². The van der Waals surface area contributed by atoms with Gasteiger partial charge in [0.05, 0.1) is 26.4 Å². The maximum absolute atomic E-state index is 12.2. The van der Waals surface area contributed by atoms with Gasteiger partial charge in [-0.25, -0.2) is 0 Å². The number of rotatable bonds is 7. The normalized spacial score (nSPS) is 10.9. The minimum Gasteiger partial charge on any atom is -0.497 e. The van der Waals surface area contributed by atoms with Crippen LogP contribution in [0.25, 0.3) is 0 Å². The summed E-state index contributed by atoms with van der Waals surface area (Å²) < 4.78 is 15.3. The van der Waals surface area contributed by atoms with Crippen LogP contribution in [0.4, 0.5) is 0 Å². The summed E-state index contributed by atoms with van der Waals surface area (Å²) in [7, 11) is 3.12. The second kappa shape index (κ2) is 15.6. The molecule has 5 nitrogen and oxygen atoms in total. The van der Waals surface area contributed by atoms with Gasteiger partial charge in [-0.2, -0.15) is 0 Å². The number of aliphatic hydroxyl groups excluding tert-OH is 1. The van der Waals surface area contributed by atoms with Gasteiger partial charge in [0, 0.05) is 5.56 Å². The third kappa shape index (κ3) is 11.3. The first-order valence-corrected chi connectivity index (χ1v) is 10.9. The molecule has 0 spiro atoms. The number of ketones is 1. The molecule has 0 bridgehead atoms. The van der Waals surface area contributed by atoms with Crippen LogP contribution < -0.4 is 9.47 Å². The summed E-state index contributed by atoms with van der Waals surface area (Å²) in [5.41, 5.74) is 0.973. The zero-order valence-electron chi connectivity index (χ0n) is 20.4. The Kier molecular flexibility index (Phi) is 13.2. The number of methoxy groups -OCH3 is 2. The Morgan fingerprint density at radius 1 is 0.667 bits per heavy atom. The van der Waals surface area contributed by atoms with Crippen molar-refractivity contribution >= 4 is 5.78 Å². The minimum atomic E-state index is -1.19. The van der Waals surface area contributed by atoms with E-state index in [1.54, 1.807) is 62.8 Å². The van der Waals surface area contributed by atoms with Gasteiger partial charge in [-0.1, -0.05) is 48.5 Å². The van der Waals surface area contributed by atoms with Crippen LogP contribution in [0.15, 0.2) is 84.9 Å². The van der Waals surface area contributed by atoms with Crippen molar-refractivity contribution in [2.75, 3.05) is 14.2 Å². The van der Waals surface area contributed by atoms with Gasteiger partial charge in [-0.3, -0.25) is 4.79 Å². The molecule has 3 rings (SSSR count). The summed E-state index contributed by atoms with van der Waals surface area (Å²) in [6.07, 6.45) is -0.436. The highest BCUT2D eigenvalue weighted by Crippen LogP contribution is 2.22. The standard InChI is InChI=1S/C16H16O4.C6H14O.C6H6/c1-19-13-7-3-11(4-8-13)15(17)16(18)12-5-9-14(20-2)10-6-12;1-5(2)7-6(3)4;1-2-4-6-5-3-1/h3-10,15,17H,1-2H3;5-6H,1-4H3;1-6H. The van der Waals surface area contributed by atoms with Crippen LogP contribution in [-0.2, 0) is 4.74 Å². The summed E-state index contributed by atoms with van der Waals surface area (Å²) in [5, 5.41) is 10.1. The summed E-state index contributed by atoms with van der Waals surface area (Å²) in [6.45, 7) is 8.17. The molecule has 178 valence electrons. The van der Waals surface area contributed by atoms with Crippen LogP contribution in [0.1, 0.15) is 49.7 Å². The van der Waals surface area contributed by atoms with E-state index in [2.05, 4.69) is 0 Å². The minimum absolute atomic E-state index is 0.349. The molecule has 0 aliphatic rings. The molecule has 0 amide bonds. The van der Waals surface area contributed by atoms with E-state index in [0.29, 0.717) is 34.8 Å². The van der Waals surface area contributed by atoms with Gasteiger partial charge in [0.1, 0.15) is 17.6 Å². The first-order chi connectivity index (χ1) is 15.8. The lowest BCUT2D eigenvalue weighted by Crippen LogP contribution is -2.12. The van der Waals surface area contributed by atoms with Crippen molar-refractivity contribution in [1.29, 1.82) is 0 Å². The number of hydrogen-bond acceptors (Lipinski definition) is 5. The van der Waals surface area contributed by atoms with Gasteiger partial charge in [0.15, 0.2) is 5.78 Å². The smallest absolute Gasteiger partial charge is 0.195 e. The van der Waals surface area contributed by atoms with Crippen molar-refractivity contribution in [1.82, 2.24) is 0 Å². The Morgan fingerprint density at radius 3 is 1.33 bits per heavy atom. The molecule has 0 fully saturated rings. The van der Waals surface area contributed by atoms with E-state index in [1.807, 2.05) is 64.1 Å². The third-order valence-corrected chi connectivity index (χ3v) is 4.27. The van der Waals surface area contributed by atoms with Gasteiger partial charge in [-0.15, -0.1) is 0 Å². The number of aliphatic hydroxyl groups is 1. The molecule has 33 heavy (non-hydrogen) atoms. The average Bonchev–Trinajstić information content (AvgIpc) is 2.84. The SMILES string of the molecule is CC(C)OC(C)C.COc1ccc(C(=O)C(O)c2ccc(OC)cc2)cc1.c1ccccc1. The predicted octanol–water partition coefficient (Wildman–Crippen LogP) is 6.13. The van der Waals surface area contributed by atoms with E-state index in [4.69, 9.17) is 14.2 Å². The Bertz CT molecular complexity index is 855. The van der Waals surface area contributed by atoms with Crippen molar-refractivity contribution < 1.29 is 24.1 Å². The lowest BCUT2D eigenvalue weighted by atomic mass is 10.00. The number of carbonyl (C=O) groups excluding carboxylic acids is 1. The summed E-state index contributed by atoms with van der Waals surface area (Å²) in [4.78, 5) is 12.2. The van der Waals surface area contributed by atoms with Crippen LogP contribution in [0.5, 0.6) is 11.5 Å². The molecule has 0 aromatic heterocycles. The topological polar surface area (TPSA) is 65.0 Å². The van der Waals surface area contributed by atoms with E-state index in [0.717, 1.165) is 0 Å². The summed E-state index contributed by atoms with van der Waals surface area (Å²) >= 11 is 0. The fraction of sp³-hybridized carbons (Fsp3) is 0.321. The number of ether oxygens (including phenoxy) is 3. The molecule has 1 unspecified atom stereocenters. The van der Waals surface area contributed by atoms with Crippen molar-refractivity contribution in [2.45, 2.75) is 46.0 Å². The average molecular weight is 453 g/mol. The Balaban J connectivity index is 0.000000341. The van der Waals surface area contributed by atoms with E-state index >= 15 is 0 Å². The highest BCUT2D eigenvalue weighted by atomic mass is 16.5. The van der Waals surface area contributed by atoms with Crippen molar-refractivity contribution in [3.8, 4) is 11.5 Å². The highest BCUT2D eigenvalue weighted by Gasteiger charge is 2.19. The lowest BCUT2D eigenvalue weighted by Gasteiger charge is -2.11. The molecule has 0 aliphatic heterocycles. The zero-order chi connectivity index (χ0) is 24.6. The van der Waals surface area contributed by atoms with Crippen LogP contribution >= 0.6 is 0 Å². The zero-order valence-corrected chi connectivity index (χ0v) is 20.4. The maximum atomic E-state index is 12.2. The molecule has 5 heteroatoms. The molecular weight excluding hydrogens is 416 g/mol. The molecular formula is C28H36O5. The fourth-order valence-corrected chi connectivity index (χ4v) is 2.78. The van der Waals surface area contributed by atoms with E-state index < -0.39 is 6.10 Å². The fourth-order valence-electron chi connectivity index (χ4n) is 2.78. The molecule has 3 aromatic carbocycles. The largest absolute Gasteiger partial charge is 0.497 e. The first kappa shape index (κ1) is 27.9. The predicted molar refractivity (Wildman–Crippen MR) is 133 cm³/mol. The van der Waals surface area contributed by atoms with Gasteiger partial charge in [0.25, 0.3) is 0 Å². The van der Waals surface area contributed by atoms with Gasteiger partial charge in [-0.05, 0) is 69.7 Å². The molecule has 0 aliphatic carbocycles. The second-order valence-corrected chi connectivity index (χ2v) is 7.66. The van der Waals surface area contributed by atoms with Crippen LogP contribution in [0.3, 0.4) is 0 Å². The Labute approximate surface area is 198 Å². The maximum Gasteiger partial charge on any atom is 0.195 e. The number of carbonyl (C=O) groups is 1. The van der Waals surface area contributed by atoms with Crippen LogP contribution in [0, 0.1) is 0 Å². The Hall–Kier alpha value is -3.15. The molecule has 3 aromatic rings. The van der Waals surface area contributed by atoms with Crippen LogP contribution in [-0.4, -0.2) is 37.3 Å². The summed E-state index contributed by atoms with van der Waals surface area (Å²) in [6, 6.07) is 25.4. The molecule has 0 radical (unpaired) electrons. The number of Topliss-reactive ketones (excluding diaryl/α,β-unsaturated/α-hetero) is 1. The lowest BCUT2D eigenvalue weighted by molar-refractivity contribution is 0.0300. The first-order valence-electron chi connectivity index (χ1n) is 10.9. The van der Waals surface area contributed by atoms with Gasteiger partial charge in [0.2, 0.25) is 0 Å². The highest BCUT2D eigenvalue weighted by molar-refractivity contribution is 5.99. The van der Waals surface area contributed by atoms with E-state index in [1.165, 1.54) is 0 Å². The van der Waals surface area contributed by atoms with E-state index in [-0.39, 0.29) is 5.78 Å². The third-order valence-electron chi connectivity index (χ3n) is 4.27. The number of hydrogen-bond donors (Lipinski definition) is 1. The molecule has 0 saturated carbocycles. The van der Waals surface area contributed by atoms with Crippen molar-refractivity contribution in [3.05, 3.63) is 96.1 Å². The van der Waals surface area contributed by atoms with Gasteiger partial charge >= 0.3 is 0 Å².